The van der Waals surface area contributed by atoms with Crippen LogP contribution < -0.4 is 5.56 Å². The van der Waals surface area contributed by atoms with Gasteiger partial charge in [-0.1, -0.05) is 64.7 Å². The van der Waals surface area contributed by atoms with Crippen molar-refractivity contribution in [3.05, 3.63) is 22.1 Å². The maximum Gasteiger partial charge on any atom is 0.267 e. The predicted octanol–water partition coefficient (Wildman–Crippen LogP) is 4.17. The van der Waals surface area contributed by atoms with E-state index in [1.54, 1.807) is 6.20 Å². The third kappa shape index (κ3) is 6.67. The van der Waals surface area contributed by atoms with Crippen LogP contribution in [0.15, 0.2) is 11.0 Å². The fourth-order valence-corrected chi connectivity index (χ4v) is 2.32. The minimum Gasteiger partial charge on any atom is -0.305 e. The zero-order valence-corrected chi connectivity index (χ0v) is 11.8. The van der Waals surface area contributed by atoms with E-state index < -0.39 is 0 Å². The summed E-state index contributed by atoms with van der Waals surface area (Å²) in [7, 11) is 0. The van der Waals surface area contributed by atoms with E-state index in [0.717, 1.165) is 18.4 Å². The Morgan fingerprint density at radius 3 is 1.94 bits per heavy atom. The summed E-state index contributed by atoms with van der Waals surface area (Å²) >= 11 is 0. The summed E-state index contributed by atoms with van der Waals surface area (Å²) < 4.78 is 0. The largest absolute Gasteiger partial charge is 0.305 e. The second-order valence-corrected chi connectivity index (χ2v) is 5.20. The summed E-state index contributed by atoms with van der Waals surface area (Å²) in [5.74, 6) is 0. The lowest BCUT2D eigenvalue weighted by molar-refractivity contribution is 0.556. The van der Waals surface area contributed by atoms with Crippen molar-refractivity contribution < 1.29 is 0 Å². The Balaban J connectivity index is 1.84. The molecule has 0 unspecified atom stereocenters. The lowest BCUT2D eigenvalue weighted by Gasteiger charge is -2.01. The van der Waals surface area contributed by atoms with Crippen molar-refractivity contribution in [1.82, 2.24) is 10.2 Å². The third-order valence-corrected chi connectivity index (χ3v) is 3.52. The molecule has 3 nitrogen and oxygen atoms in total. The molecule has 104 valence electrons. The average Bonchev–Trinajstić information content (AvgIpc) is 2.77. The molecule has 0 atom stereocenters. The van der Waals surface area contributed by atoms with E-state index in [1.807, 2.05) is 0 Å². The van der Waals surface area contributed by atoms with Gasteiger partial charge < -0.3 is 5.10 Å². The summed E-state index contributed by atoms with van der Waals surface area (Å²) in [6.07, 6.45) is 16.1. The van der Waals surface area contributed by atoms with Crippen LogP contribution in [0.4, 0.5) is 0 Å². The van der Waals surface area contributed by atoms with Crippen LogP contribution in [0.1, 0.15) is 76.7 Å². The van der Waals surface area contributed by atoms with Crippen LogP contribution in [0.2, 0.25) is 0 Å². The van der Waals surface area contributed by atoms with E-state index in [1.165, 1.54) is 57.8 Å². The van der Waals surface area contributed by atoms with Crippen molar-refractivity contribution in [2.75, 3.05) is 0 Å². The minimum atomic E-state index is 0.0472. The van der Waals surface area contributed by atoms with Crippen LogP contribution >= 0.6 is 0 Å². The Labute approximate surface area is 110 Å². The molecule has 0 aliphatic rings. The van der Waals surface area contributed by atoms with Gasteiger partial charge in [0.15, 0.2) is 0 Å². The van der Waals surface area contributed by atoms with Gasteiger partial charge in [-0.05, 0) is 12.8 Å². The maximum absolute atomic E-state index is 11.2. The lowest BCUT2D eigenvalue weighted by atomic mass is 10.0. The molecule has 0 spiro atoms. The summed E-state index contributed by atoms with van der Waals surface area (Å²) in [6, 6.07) is 0. The van der Waals surface area contributed by atoms with Crippen LogP contribution in [0.25, 0.3) is 0 Å². The number of nitrogens with one attached hydrogen (secondary N) is 2. The summed E-state index contributed by atoms with van der Waals surface area (Å²) in [4.78, 5) is 11.2. The molecule has 1 heterocycles. The van der Waals surface area contributed by atoms with Gasteiger partial charge in [-0.25, -0.2) is 0 Å². The Bertz CT molecular complexity index is 340. The molecular formula is C15H28N2O. The van der Waals surface area contributed by atoms with Gasteiger partial charge >= 0.3 is 0 Å². The molecule has 1 rings (SSSR count). The van der Waals surface area contributed by atoms with Gasteiger partial charge in [0.25, 0.3) is 5.56 Å². The predicted molar refractivity (Wildman–Crippen MR) is 77.0 cm³/mol. The monoisotopic (exact) mass is 252 g/mol. The first-order valence-electron chi connectivity index (χ1n) is 7.59. The van der Waals surface area contributed by atoms with Crippen LogP contribution in [-0.4, -0.2) is 10.2 Å². The van der Waals surface area contributed by atoms with Gasteiger partial charge in [0.2, 0.25) is 0 Å². The fraction of sp³-hybridized carbons (Fsp3) is 0.800. The SMILES string of the molecule is CCCCCCCCCCCCc1c[nH][nH]c1=O. The molecule has 2 N–H and O–H groups in total. The molecule has 0 bridgehead atoms. The molecule has 0 fully saturated rings. The first-order valence-corrected chi connectivity index (χ1v) is 7.59. The Morgan fingerprint density at radius 1 is 0.889 bits per heavy atom. The van der Waals surface area contributed by atoms with E-state index in [0.29, 0.717) is 0 Å². The zero-order chi connectivity index (χ0) is 13.1. The third-order valence-electron chi connectivity index (χ3n) is 3.52. The van der Waals surface area contributed by atoms with Crippen LogP contribution in [0.5, 0.6) is 0 Å². The second-order valence-electron chi connectivity index (χ2n) is 5.20. The normalized spacial score (nSPS) is 10.9. The molecule has 1 aromatic heterocycles. The summed E-state index contributed by atoms with van der Waals surface area (Å²) in [5.41, 5.74) is 0.945. The number of hydrogen-bond donors (Lipinski definition) is 2. The highest BCUT2D eigenvalue weighted by molar-refractivity contribution is 5.02. The van der Waals surface area contributed by atoms with E-state index in [-0.39, 0.29) is 5.56 Å². The van der Waals surface area contributed by atoms with Crippen LogP contribution in [-0.2, 0) is 6.42 Å². The smallest absolute Gasteiger partial charge is 0.267 e. The molecule has 1 aromatic rings. The number of aromatic nitrogens is 2. The summed E-state index contributed by atoms with van der Waals surface area (Å²) in [5, 5.41) is 5.32. The van der Waals surface area contributed by atoms with Gasteiger partial charge in [0.05, 0.1) is 0 Å². The minimum absolute atomic E-state index is 0.0472. The maximum atomic E-state index is 11.2. The van der Waals surface area contributed by atoms with Gasteiger partial charge in [-0.15, -0.1) is 0 Å². The lowest BCUT2D eigenvalue weighted by Crippen LogP contribution is -2.05. The highest BCUT2D eigenvalue weighted by atomic mass is 16.1. The van der Waals surface area contributed by atoms with Crippen molar-refractivity contribution in [3.8, 4) is 0 Å². The molecule has 3 heteroatoms. The number of unbranched alkanes of at least 4 members (excludes halogenated alkanes) is 9. The van der Waals surface area contributed by atoms with Crippen molar-refractivity contribution in [2.24, 2.45) is 0 Å². The molecule has 0 aromatic carbocycles. The summed E-state index contributed by atoms with van der Waals surface area (Å²) in [6.45, 7) is 2.26. The topological polar surface area (TPSA) is 48.6 Å². The fourth-order valence-electron chi connectivity index (χ4n) is 2.32. The Hall–Kier alpha value is -0.990. The Morgan fingerprint density at radius 2 is 1.44 bits per heavy atom. The molecule has 0 saturated heterocycles. The number of hydrogen-bond acceptors (Lipinski definition) is 1. The van der Waals surface area contributed by atoms with Gasteiger partial charge in [-0.3, -0.25) is 9.89 Å². The van der Waals surface area contributed by atoms with Crippen molar-refractivity contribution >= 4 is 0 Å². The first kappa shape index (κ1) is 15.1. The molecule has 0 aliphatic heterocycles. The van der Waals surface area contributed by atoms with E-state index in [9.17, 15) is 4.79 Å². The van der Waals surface area contributed by atoms with Crippen molar-refractivity contribution in [3.63, 3.8) is 0 Å². The van der Waals surface area contributed by atoms with Crippen molar-refractivity contribution in [2.45, 2.75) is 77.6 Å². The standard InChI is InChI=1S/C15H28N2O/c1-2-3-4-5-6-7-8-9-10-11-12-14-13-16-17-15(14)18/h13H,2-12H2,1H3,(H2,16,17,18). The number of rotatable bonds is 11. The van der Waals surface area contributed by atoms with Crippen LogP contribution in [0.3, 0.4) is 0 Å². The molecule has 0 aliphatic carbocycles. The molecule has 18 heavy (non-hydrogen) atoms. The molecule has 0 radical (unpaired) electrons. The zero-order valence-electron chi connectivity index (χ0n) is 11.8. The number of aromatic amines is 2. The highest BCUT2D eigenvalue weighted by Gasteiger charge is 1.99. The highest BCUT2D eigenvalue weighted by Crippen LogP contribution is 2.11. The van der Waals surface area contributed by atoms with E-state index in [4.69, 9.17) is 0 Å². The number of aryl methyl sites for hydroxylation is 1. The van der Waals surface area contributed by atoms with Crippen LogP contribution in [0, 0.1) is 0 Å². The Kier molecular flexibility index (Phi) is 8.36. The van der Waals surface area contributed by atoms with E-state index >= 15 is 0 Å². The first-order chi connectivity index (χ1) is 8.84. The number of H-pyrrole nitrogens is 2. The van der Waals surface area contributed by atoms with Crippen molar-refractivity contribution in [1.29, 1.82) is 0 Å². The quantitative estimate of drug-likeness (QED) is 0.571. The average molecular weight is 252 g/mol. The second kappa shape index (κ2) is 9.98. The van der Waals surface area contributed by atoms with Gasteiger partial charge in [0, 0.05) is 11.8 Å². The van der Waals surface area contributed by atoms with Gasteiger partial charge in [-0.2, -0.15) is 0 Å². The molecule has 0 saturated carbocycles. The molecule has 0 amide bonds. The molecular weight excluding hydrogens is 224 g/mol. The van der Waals surface area contributed by atoms with Gasteiger partial charge in [0.1, 0.15) is 0 Å². The van der Waals surface area contributed by atoms with E-state index in [2.05, 4.69) is 17.1 Å².